The van der Waals surface area contributed by atoms with Gasteiger partial charge in [-0.1, -0.05) is 60.7 Å². The van der Waals surface area contributed by atoms with Crippen LogP contribution in [0.15, 0.2) is 79.0 Å². The molecule has 2 aromatic carbocycles. The van der Waals surface area contributed by atoms with Gasteiger partial charge in [-0.2, -0.15) is 0 Å². The van der Waals surface area contributed by atoms with Crippen LogP contribution >= 0.6 is 0 Å². The summed E-state index contributed by atoms with van der Waals surface area (Å²) in [6, 6.07) is 23.2. The van der Waals surface area contributed by atoms with E-state index in [2.05, 4.69) is 4.98 Å². The molecule has 4 aromatic rings. The van der Waals surface area contributed by atoms with Gasteiger partial charge in [-0.05, 0) is 17.7 Å². The summed E-state index contributed by atoms with van der Waals surface area (Å²) in [7, 11) is 0. The van der Waals surface area contributed by atoms with Crippen LogP contribution in [-0.2, 0) is 6.42 Å². The van der Waals surface area contributed by atoms with Gasteiger partial charge in [0.2, 0.25) is 0 Å². The molecule has 0 saturated heterocycles. The number of hydrogen-bond acceptors (Lipinski definition) is 3. The van der Waals surface area contributed by atoms with Crippen molar-refractivity contribution in [2.24, 2.45) is 0 Å². The number of aromatic nitrogens is 2. The molecule has 0 saturated carbocycles. The van der Waals surface area contributed by atoms with Crippen LogP contribution in [0.4, 0.5) is 5.82 Å². The van der Waals surface area contributed by atoms with Crippen LogP contribution in [0.2, 0.25) is 0 Å². The monoisotopic (exact) mass is 327 g/mol. The minimum absolute atomic E-state index is 0.0689. The van der Waals surface area contributed by atoms with E-state index in [9.17, 15) is 4.79 Å². The maximum Gasteiger partial charge on any atom is 0.168 e. The Hall–Kier alpha value is -3.40. The molecule has 4 heteroatoms. The Balaban J connectivity index is 1.76. The third-order valence-corrected chi connectivity index (χ3v) is 4.22. The number of ketones is 1. The summed E-state index contributed by atoms with van der Waals surface area (Å²) in [5.41, 5.74) is 10.3. The zero-order valence-corrected chi connectivity index (χ0v) is 13.6. The number of imidazole rings is 1. The van der Waals surface area contributed by atoms with Crippen molar-refractivity contribution in [3.05, 3.63) is 90.1 Å². The van der Waals surface area contributed by atoms with Gasteiger partial charge in [-0.3, -0.25) is 9.20 Å². The maximum atomic E-state index is 12.6. The molecule has 2 aromatic heterocycles. The average Bonchev–Trinajstić information content (AvgIpc) is 2.98. The second kappa shape index (κ2) is 6.24. The average molecular weight is 327 g/mol. The molecule has 0 unspecified atom stereocenters. The molecule has 0 aliphatic heterocycles. The molecule has 122 valence electrons. The Labute approximate surface area is 145 Å². The molecule has 0 bridgehead atoms. The Morgan fingerprint density at radius 3 is 2.32 bits per heavy atom. The predicted molar refractivity (Wildman–Crippen MR) is 99.5 cm³/mol. The van der Waals surface area contributed by atoms with Gasteiger partial charge in [0.1, 0.15) is 5.65 Å². The molecule has 4 rings (SSSR count). The number of nitrogens with zero attached hydrogens (tertiary/aromatic N) is 2. The van der Waals surface area contributed by atoms with Gasteiger partial charge in [-0.25, -0.2) is 4.98 Å². The number of pyridine rings is 1. The van der Waals surface area contributed by atoms with Gasteiger partial charge < -0.3 is 5.73 Å². The molecule has 0 amide bonds. The SMILES string of the molecule is Nc1nc2ccc(C(=O)Cc3ccccc3)cn2c1-c1ccccc1. The van der Waals surface area contributed by atoms with Crippen molar-refractivity contribution in [2.45, 2.75) is 6.42 Å². The van der Waals surface area contributed by atoms with Crippen LogP contribution in [0.3, 0.4) is 0 Å². The third kappa shape index (κ3) is 2.90. The smallest absolute Gasteiger partial charge is 0.168 e. The Kier molecular flexibility index (Phi) is 3.78. The summed E-state index contributed by atoms with van der Waals surface area (Å²) in [6.45, 7) is 0. The van der Waals surface area contributed by atoms with E-state index in [1.807, 2.05) is 83.4 Å². The van der Waals surface area contributed by atoms with Crippen LogP contribution in [0.5, 0.6) is 0 Å². The van der Waals surface area contributed by atoms with E-state index in [0.717, 1.165) is 22.5 Å². The van der Waals surface area contributed by atoms with E-state index >= 15 is 0 Å². The molecule has 2 N–H and O–H groups in total. The molecule has 0 radical (unpaired) electrons. The van der Waals surface area contributed by atoms with Crippen molar-refractivity contribution in [1.29, 1.82) is 0 Å². The zero-order valence-electron chi connectivity index (χ0n) is 13.6. The van der Waals surface area contributed by atoms with E-state index in [-0.39, 0.29) is 5.78 Å². The van der Waals surface area contributed by atoms with Crippen LogP contribution < -0.4 is 5.73 Å². The van der Waals surface area contributed by atoms with Crippen molar-refractivity contribution < 1.29 is 4.79 Å². The molecule has 0 aliphatic carbocycles. The van der Waals surface area contributed by atoms with E-state index < -0.39 is 0 Å². The molecule has 25 heavy (non-hydrogen) atoms. The highest BCUT2D eigenvalue weighted by Gasteiger charge is 2.14. The molecule has 0 fully saturated rings. The van der Waals surface area contributed by atoms with Gasteiger partial charge >= 0.3 is 0 Å². The van der Waals surface area contributed by atoms with Crippen molar-refractivity contribution in [3.63, 3.8) is 0 Å². The topological polar surface area (TPSA) is 60.4 Å². The highest BCUT2D eigenvalue weighted by atomic mass is 16.1. The minimum Gasteiger partial charge on any atom is -0.382 e. The summed E-state index contributed by atoms with van der Waals surface area (Å²) >= 11 is 0. The van der Waals surface area contributed by atoms with Crippen molar-refractivity contribution in [3.8, 4) is 11.3 Å². The van der Waals surface area contributed by atoms with Gasteiger partial charge in [0.25, 0.3) is 0 Å². The van der Waals surface area contributed by atoms with Gasteiger partial charge in [0, 0.05) is 23.7 Å². The Morgan fingerprint density at radius 1 is 0.920 bits per heavy atom. The normalized spacial score (nSPS) is 10.9. The molecule has 0 atom stereocenters. The predicted octanol–water partition coefficient (Wildman–Crippen LogP) is 4.01. The van der Waals surface area contributed by atoms with Gasteiger partial charge in [0.15, 0.2) is 11.6 Å². The van der Waals surface area contributed by atoms with E-state index in [0.29, 0.717) is 17.8 Å². The Morgan fingerprint density at radius 2 is 1.60 bits per heavy atom. The second-order valence-corrected chi connectivity index (χ2v) is 5.94. The number of anilines is 1. The van der Waals surface area contributed by atoms with E-state index in [4.69, 9.17) is 5.73 Å². The summed E-state index contributed by atoms with van der Waals surface area (Å²) in [4.78, 5) is 17.1. The molecule has 0 aliphatic rings. The van der Waals surface area contributed by atoms with Crippen molar-refractivity contribution >= 4 is 17.2 Å². The minimum atomic E-state index is 0.0689. The molecular weight excluding hydrogens is 310 g/mol. The van der Waals surface area contributed by atoms with E-state index in [1.54, 1.807) is 0 Å². The molecular formula is C21H17N3O. The van der Waals surface area contributed by atoms with Gasteiger partial charge in [-0.15, -0.1) is 0 Å². The number of nitrogens with two attached hydrogens (primary N) is 1. The maximum absolute atomic E-state index is 12.6. The number of carbonyl (C=O) groups excluding carboxylic acids is 1. The van der Waals surface area contributed by atoms with Crippen LogP contribution in [-0.4, -0.2) is 15.2 Å². The lowest BCUT2D eigenvalue weighted by Gasteiger charge is -2.06. The summed E-state index contributed by atoms with van der Waals surface area (Å²) in [6.07, 6.45) is 2.20. The number of fused-ring (bicyclic) bond motifs is 1. The number of benzene rings is 2. The first kappa shape index (κ1) is 15.1. The number of hydrogen-bond donors (Lipinski definition) is 1. The van der Waals surface area contributed by atoms with Crippen LogP contribution in [0.25, 0.3) is 16.9 Å². The second-order valence-electron chi connectivity index (χ2n) is 5.94. The quantitative estimate of drug-likeness (QED) is 0.576. The third-order valence-electron chi connectivity index (χ3n) is 4.22. The number of Topliss-reactive ketones (excluding diaryl/α,β-unsaturated/α-hetero) is 1. The van der Waals surface area contributed by atoms with Crippen LogP contribution in [0, 0.1) is 0 Å². The standard InChI is InChI=1S/C21H17N3O/c22-21-20(16-9-5-2-6-10-16)24-14-17(11-12-19(24)23-21)18(25)13-15-7-3-1-4-8-15/h1-12,14H,13,22H2. The van der Waals surface area contributed by atoms with Crippen molar-refractivity contribution in [1.82, 2.24) is 9.38 Å². The lowest BCUT2D eigenvalue weighted by molar-refractivity contribution is 0.0992. The highest BCUT2D eigenvalue weighted by molar-refractivity contribution is 5.97. The summed E-state index contributed by atoms with van der Waals surface area (Å²) in [5, 5.41) is 0. The number of rotatable bonds is 4. The molecule has 4 nitrogen and oxygen atoms in total. The first-order valence-corrected chi connectivity index (χ1v) is 8.12. The Bertz CT molecular complexity index is 1040. The number of carbonyl (C=O) groups is 1. The molecule has 0 spiro atoms. The first-order valence-electron chi connectivity index (χ1n) is 8.12. The lowest BCUT2D eigenvalue weighted by Crippen LogP contribution is -2.05. The zero-order chi connectivity index (χ0) is 17.2. The fourth-order valence-corrected chi connectivity index (χ4v) is 2.99. The van der Waals surface area contributed by atoms with Crippen molar-refractivity contribution in [2.75, 3.05) is 5.73 Å². The van der Waals surface area contributed by atoms with E-state index in [1.165, 1.54) is 0 Å². The van der Waals surface area contributed by atoms with Gasteiger partial charge in [0.05, 0.1) is 5.69 Å². The highest BCUT2D eigenvalue weighted by Crippen LogP contribution is 2.27. The molecule has 2 heterocycles. The van der Waals surface area contributed by atoms with Crippen LogP contribution in [0.1, 0.15) is 15.9 Å². The fourth-order valence-electron chi connectivity index (χ4n) is 2.99. The largest absolute Gasteiger partial charge is 0.382 e. The number of nitrogen functional groups attached to an aromatic ring is 1. The fraction of sp³-hybridized carbons (Fsp3) is 0.0476. The summed E-state index contributed by atoms with van der Waals surface area (Å²) in [5.74, 6) is 0.526. The summed E-state index contributed by atoms with van der Waals surface area (Å²) < 4.78 is 1.89. The first-order chi connectivity index (χ1) is 12.2. The lowest BCUT2D eigenvalue weighted by atomic mass is 10.0.